The van der Waals surface area contributed by atoms with E-state index in [2.05, 4.69) is 34.3 Å². The number of carbonyl (C=O) groups excluding carboxylic acids is 1. The minimum Gasteiger partial charge on any atom is -0.497 e. The van der Waals surface area contributed by atoms with Crippen molar-refractivity contribution in [2.45, 2.75) is 33.1 Å². The summed E-state index contributed by atoms with van der Waals surface area (Å²) < 4.78 is 7.02. The number of methoxy groups -OCH3 is 1. The Balaban J connectivity index is 1.44. The third-order valence-electron chi connectivity index (χ3n) is 5.81. The summed E-state index contributed by atoms with van der Waals surface area (Å²) >= 11 is 0. The monoisotopic (exact) mass is 422 g/mol. The molecule has 31 heavy (non-hydrogen) atoms. The van der Waals surface area contributed by atoms with Gasteiger partial charge >= 0.3 is 0 Å². The summed E-state index contributed by atoms with van der Waals surface area (Å²) in [6.07, 6.45) is 2.69. The van der Waals surface area contributed by atoms with E-state index in [0.29, 0.717) is 17.4 Å². The molecule has 0 spiro atoms. The fourth-order valence-corrected chi connectivity index (χ4v) is 3.87. The molecular weight excluding hydrogens is 392 g/mol. The normalized spacial score (nSPS) is 14.9. The fraction of sp³-hybridized carbons (Fsp3) is 0.478. The highest BCUT2D eigenvalue weighted by Gasteiger charge is 2.26. The Morgan fingerprint density at radius 2 is 1.87 bits per heavy atom. The zero-order valence-electron chi connectivity index (χ0n) is 18.4. The lowest BCUT2D eigenvalue weighted by Crippen LogP contribution is -2.41. The van der Waals surface area contributed by atoms with Crippen LogP contribution in [-0.4, -0.2) is 52.5 Å². The predicted molar refractivity (Wildman–Crippen MR) is 120 cm³/mol. The Labute approximate surface area is 182 Å². The zero-order valence-corrected chi connectivity index (χ0v) is 18.4. The van der Waals surface area contributed by atoms with Crippen LogP contribution in [0.5, 0.6) is 5.75 Å². The molecule has 0 atom stereocenters. The first kappa shape index (κ1) is 21.1. The topological polar surface area (TPSA) is 84.7 Å². The van der Waals surface area contributed by atoms with E-state index in [9.17, 15) is 4.79 Å². The Morgan fingerprint density at radius 3 is 2.55 bits per heavy atom. The van der Waals surface area contributed by atoms with E-state index in [1.54, 1.807) is 11.6 Å². The Hall–Kier alpha value is -3.16. The Morgan fingerprint density at radius 1 is 1.13 bits per heavy atom. The van der Waals surface area contributed by atoms with Crippen molar-refractivity contribution >= 4 is 17.4 Å². The molecule has 1 aliphatic rings. The standard InChI is InChI=1S/C23H30N6O2/c1-16(2)10-13-24-23(30)18-11-14-28(15-12-18)21-9-8-20-25-26-22(29(20)27-21)17-4-6-19(31-3)7-5-17/h4-9,16,18H,10-15H2,1-3H3,(H,24,30). The number of rotatable bonds is 7. The van der Waals surface area contributed by atoms with Crippen molar-refractivity contribution in [1.82, 2.24) is 25.1 Å². The predicted octanol–water partition coefficient (Wildman–Crippen LogP) is 3.18. The second-order valence-corrected chi connectivity index (χ2v) is 8.45. The maximum Gasteiger partial charge on any atom is 0.223 e. The molecule has 1 aliphatic heterocycles. The number of nitrogens with zero attached hydrogens (tertiary/aromatic N) is 5. The highest BCUT2D eigenvalue weighted by atomic mass is 16.5. The molecule has 2 aromatic heterocycles. The third kappa shape index (κ3) is 4.78. The van der Waals surface area contributed by atoms with E-state index in [-0.39, 0.29) is 11.8 Å². The Kier molecular flexibility index (Phi) is 6.34. The molecule has 1 fully saturated rings. The SMILES string of the molecule is COc1ccc(-c2nnc3ccc(N4CCC(C(=O)NCCC(C)C)CC4)nn23)cc1. The van der Waals surface area contributed by atoms with Gasteiger partial charge in [0, 0.05) is 31.1 Å². The van der Waals surface area contributed by atoms with Crippen LogP contribution in [-0.2, 0) is 4.79 Å². The van der Waals surface area contributed by atoms with Crippen LogP contribution < -0.4 is 15.0 Å². The Bertz CT molecular complexity index is 1020. The average molecular weight is 423 g/mol. The molecule has 0 unspecified atom stereocenters. The number of carbonyl (C=O) groups is 1. The highest BCUT2D eigenvalue weighted by molar-refractivity contribution is 5.79. The van der Waals surface area contributed by atoms with Crippen molar-refractivity contribution in [1.29, 1.82) is 0 Å². The van der Waals surface area contributed by atoms with Gasteiger partial charge in [0.05, 0.1) is 7.11 Å². The quantitative estimate of drug-likeness (QED) is 0.630. The van der Waals surface area contributed by atoms with Crippen LogP contribution in [0.25, 0.3) is 17.0 Å². The van der Waals surface area contributed by atoms with Gasteiger partial charge in [-0.3, -0.25) is 4.79 Å². The molecule has 0 aliphatic carbocycles. The number of nitrogens with one attached hydrogen (secondary N) is 1. The van der Waals surface area contributed by atoms with Crippen molar-refractivity contribution in [3.05, 3.63) is 36.4 Å². The number of benzene rings is 1. The smallest absolute Gasteiger partial charge is 0.223 e. The molecule has 0 saturated carbocycles. The number of hydrogen-bond acceptors (Lipinski definition) is 6. The summed E-state index contributed by atoms with van der Waals surface area (Å²) in [6.45, 7) is 6.72. The molecule has 0 bridgehead atoms. The summed E-state index contributed by atoms with van der Waals surface area (Å²) in [6, 6.07) is 11.6. The summed E-state index contributed by atoms with van der Waals surface area (Å²) in [7, 11) is 1.65. The van der Waals surface area contributed by atoms with Crippen LogP contribution in [0.2, 0.25) is 0 Å². The van der Waals surface area contributed by atoms with Crippen LogP contribution in [0, 0.1) is 11.8 Å². The van der Waals surface area contributed by atoms with Crippen molar-refractivity contribution in [2.75, 3.05) is 31.6 Å². The van der Waals surface area contributed by atoms with Crippen LogP contribution in [0.4, 0.5) is 5.82 Å². The van der Waals surface area contributed by atoms with E-state index in [4.69, 9.17) is 9.84 Å². The maximum atomic E-state index is 12.4. The van der Waals surface area contributed by atoms with Crippen LogP contribution in [0.15, 0.2) is 36.4 Å². The molecule has 164 valence electrons. The minimum absolute atomic E-state index is 0.0805. The van der Waals surface area contributed by atoms with E-state index >= 15 is 0 Å². The van der Waals surface area contributed by atoms with Gasteiger partial charge in [0.2, 0.25) is 5.91 Å². The molecule has 3 aromatic rings. The second kappa shape index (κ2) is 9.32. The van der Waals surface area contributed by atoms with Gasteiger partial charge in [-0.05, 0) is 61.6 Å². The first-order chi connectivity index (χ1) is 15.0. The zero-order chi connectivity index (χ0) is 21.8. The molecule has 1 N–H and O–H groups in total. The molecule has 8 nitrogen and oxygen atoms in total. The minimum atomic E-state index is 0.0805. The summed E-state index contributed by atoms with van der Waals surface area (Å²) in [5, 5.41) is 16.5. The summed E-state index contributed by atoms with van der Waals surface area (Å²) in [5.74, 6) is 3.23. The van der Waals surface area contributed by atoms with Crippen molar-refractivity contribution in [2.24, 2.45) is 11.8 Å². The van der Waals surface area contributed by atoms with Gasteiger partial charge < -0.3 is 15.0 Å². The highest BCUT2D eigenvalue weighted by Crippen LogP contribution is 2.25. The van der Waals surface area contributed by atoms with Gasteiger partial charge in [0.1, 0.15) is 11.6 Å². The summed E-state index contributed by atoms with van der Waals surface area (Å²) in [4.78, 5) is 14.7. The van der Waals surface area contributed by atoms with Gasteiger partial charge in [-0.25, -0.2) is 0 Å². The van der Waals surface area contributed by atoms with Gasteiger partial charge in [0.15, 0.2) is 11.5 Å². The lowest BCUT2D eigenvalue weighted by molar-refractivity contribution is -0.125. The number of fused-ring (bicyclic) bond motifs is 1. The number of aromatic nitrogens is 4. The number of amides is 1. The molecule has 1 saturated heterocycles. The number of ether oxygens (including phenoxy) is 1. The van der Waals surface area contributed by atoms with E-state index < -0.39 is 0 Å². The number of hydrogen-bond donors (Lipinski definition) is 1. The molecular formula is C23H30N6O2. The van der Waals surface area contributed by atoms with Crippen molar-refractivity contribution < 1.29 is 9.53 Å². The molecule has 3 heterocycles. The third-order valence-corrected chi connectivity index (χ3v) is 5.81. The first-order valence-electron chi connectivity index (χ1n) is 10.9. The largest absolute Gasteiger partial charge is 0.497 e. The van der Waals surface area contributed by atoms with Gasteiger partial charge in [-0.1, -0.05) is 13.8 Å². The van der Waals surface area contributed by atoms with Crippen LogP contribution in [0.1, 0.15) is 33.1 Å². The number of piperidine rings is 1. The van der Waals surface area contributed by atoms with Gasteiger partial charge in [-0.15, -0.1) is 15.3 Å². The molecule has 1 amide bonds. The molecule has 4 rings (SSSR count). The van der Waals surface area contributed by atoms with E-state index in [1.165, 1.54) is 0 Å². The number of anilines is 1. The van der Waals surface area contributed by atoms with Gasteiger partial charge in [0.25, 0.3) is 0 Å². The lowest BCUT2D eigenvalue weighted by Gasteiger charge is -2.32. The van der Waals surface area contributed by atoms with E-state index in [1.807, 2.05) is 36.4 Å². The first-order valence-corrected chi connectivity index (χ1v) is 10.9. The molecule has 8 heteroatoms. The van der Waals surface area contributed by atoms with E-state index in [0.717, 1.165) is 56.0 Å². The van der Waals surface area contributed by atoms with Crippen molar-refractivity contribution in [3.8, 4) is 17.1 Å². The lowest BCUT2D eigenvalue weighted by atomic mass is 9.96. The van der Waals surface area contributed by atoms with Crippen LogP contribution in [0.3, 0.4) is 0 Å². The maximum absolute atomic E-state index is 12.4. The molecule has 1 aromatic carbocycles. The second-order valence-electron chi connectivity index (χ2n) is 8.45. The molecule has 0 radical (unpaired) electrons. The van der Waals surface area contributed by atoms with Gasteiger partial charge in [-0.2, -0.15) is 4.52 Å². The average Bonchev–Trinajstić information content (AvgIpc) is 3.22. The fourth-order valence-electron chi connectivity index (χ4n) is 3.87. The summed E-state index contributed by atoms with van der Waals surface area (Å²) in [5.41, 5.74) is 1.63. The van der Waals surface area contributed by atoms with Crippen LogP contribution >= 0.6 is 0 Å². The van der Waals surface area contributed by atoms with Crippen molar-refractivity contribution in [3.63, 3.8) is 0 Å².